The predicted molar refractivity (Wildman–Crippen MR) is 314 cm³/mol. The van der Waals surface area contributed by atoms with Crippen molar-refractivity contribution in [1.29, 1.82) is 0 Å². The summed E-state index contributed by atoms with van der Waals surface area (Å²) in [7, 11) is 0. The number of aryl methyl sites for hydroxylation is 3. The van der Waals surface area contributed by atoms with Gasteiger partial charge >= 0.3 is 0 Å². The van der Waals surface area contributed by atoms with Crippen molar-refractivity contribution in [2.24, 2.45) is 0 Å². The fourth-order valence-electron chi connectivity index (χ4n) is 8.74. The van der Waals surface area contributed by atoms with Crippen molar-refractivity contribution >= 4 is 73.8 Å². The Balaban J connectivity index is 0.000000160. The molecule has 0 aliphatic heterocycles. The summed E-state index contributed by atoms with van der Waals surface area (Å²) in [4.78, 5) is 88.3. The van der Waals surface area contributed by atoms with Gasteiger partial charge in [0.1, 0.15) is 40.0 Å². The number of aromatic nitrogens is 9. The van der Waals surface area contributed by atoms with E-state index in [1.807, 2.05) is 62.4 Å². The number of carbonyl (C=O) groups excluding carboxylic acids is 3. The standard InChI is InChI=1S/C23H20N4O2.C19H17ClN4O2.C19H17FN4O2/c1-3-27-23(29)22(25-19-12-6-9-16-8-4-5-11-18(16)19)20(15(2)28)21(26-27)17-10-7-13-24-14-17;1-3-24-19(26)18(22-15-6-4-5-14(20)11-15)16(12(2)25)17(23-24)13-7-9-21-10-8-13;1-3-24-19(26)18(22-15-8-4-7-14(20)10-15)16(12(2)25)17(23-24)13-6-5-9-21-11-13/h4-14,25H,3H2,1-2H3;2*4-11,22H,3H2,1-2H3. The van der Waals surface area contributed by atoms with E-state index in [0.717, 1.165) is 16.5 Å². The number of carbonyl (C=O) groups is 3. The summed E-state index contributed by atoms with van der Waals surface area (Å²) in [5.74, 6) is -1.26. The lowest BCUT2D eigenvalue weighted by atomic mass is 10.0. The molecule has 0 unspecified atom stereocenters. The van der Waals surface area contributed by atoms with Gasteiger partial charge in [-0.25, -0.2) is 18.4 Å². The fraction of sp³-hybridized carbons (Fsp3) is 0.148. The Hall–Kier alpha value is -10.1. The molecule has 0 saturated carbocycles. The van der Waals surface area contributed by atoms with Crippen LogP contribution >= 0.6 is 11.6 Å². The van der Waals surface area contributed by atoms with E-state index in [1.54, 1.807) is 105 Å². The van der Waals surface area contributed by atoms with E-state index in [1.165, 1.54) is 53.0 Å². The highest BCUT2D eigenvalue weighted by atomic mass is 35.5. The zero-order chi connectivity index (χ0) is 57.7. The molecule has 3 N–H and O–H groups in total. The third-order valence-corrected chi connectivity index (χ3v) is 12.7. The first-order valence-corrected chi connectivity index (χ1v) is 26.0. The zero-order valence-electron chi connectivity index (χ0n) is 44.9. The van der Waals surface area contributed by atoms with Gasteiger partial charge in [-0.1, -0.05) is 60.1 Å². The Kier molecular flexibility index (Phi) is 18.3. The smallest absolute Gasteiger partial charge is 0.291 e. The number of nitrogens with one attached hydrogen (secondary N) is 3. The van der Waals surface area contributed by atoms with Gasteiger partial charge in [0.15, 0.2) is 17.3 Å². The number of halogens is 2. The molecule has 0 radical (unpaired) electrons. The average Bonchev–Trinajstić information content (AvgIpc) is 3.50. The summed E-state index contributed by atoms with van der Waals surface area (Å²) in [5.41, 5.74) is 4.96. The van der Waals surface area contributed by atoms with E-state index < -0.39 is 11.4 Å². The summed E-state index contributed by atoms with van der Waals surface area (Å²) in [6.07, 6.45) is 9.71. The van der Waals surface area contributed by atoms with Gasteiger partial charge in [-0.05, 0) is 126 Å². The molecule has 0 saturated heterocycles. The normalized spacial score (nSPS) is 10.7. The molecule has 20 heteroatoms. The Bertz CT molecular complexity index is 3970. The van der Waals surface area contributed by atoms with E-state index in [2.05, 4.69) is 46.2 Å². The van der Waals surface area contributed by atoms with Crippen LogP contribution in [0.15, 0.2) is 179 Å². The minimum atomic E-state index is -0.449. The number of benzene rings is 4. The molecule has 408 valence electrons. The molecule has 0 bridgehead atoms. The molecule has 6 aromatic heterocycles. The summed E-state index contributed by atoms with van der Waals surface area (Å²) >= 11 is 6.03. The van der Waals surface area contributed by atoms with Crippen molar-refractivity contribution in [2.75, 3.05) is 16.0 Å². The number of hydrogen-bond acceptors (Lipinski definition) is 15. The molecule has 0 atom stereocenters. The summed E-state index contributed by atoms with van der Waals surface area (Å²) < 4.78 is 17.5. The van der Waals surface area contributed by atoms with Gasteiger partial charge in [0, 0.05) is 101 Å². The molecule has 0 spiro atoms. The van der Waals surface area contributed by atoms with Crippen molar-refractivity contribution in [3.8, 4) is 33.8 Å². The summed E-state index contributed by atoms with van der Waals surface area (Å²) in [6, 6.07) is 37.0. The third-order valence-electron chi connectivity index (χ3n) is 12.5. The van der Waals surface area contributed by atoms with Crippen LogP contribution in [0, 0.1) is 5.82 Å². The van der Waals surface area contributed by atoms with Crippen LogP contribution in [0.5, 0.6) is 0 Å². The SMILES string of the molecule is CCn1nc(-c2cccnc2)c(C(C)=O)c(Nc2cccc(F)c2)c1=O.CCn1nc(-c2cccnc2)c(C(C)=O)c(Nc2cccc3ccccc23)c1=O.CCn1nc(-c2ccncc2)c(C(C)=O)c(Nc2cccc(Cl)c2)c1=O. The van der Waals surface area contributed by atoms with E-state index in [9.17, 15) is 33.2 Å². The van der Waals surface area contributed by atoms with Crippen molar-refractivity contribution in [3.05, 3.63) is 223 Å². The maximum absolute atomic E-state index is 13.5. The van der Waals surface area contributed by atoms with Gasteiger partial charge in [0.05, 0.1) is 16.7 Å². The first-order chi connectivity index (χ1) is 39.1. The largest absolute Gasteiger partial charge is 0.350 e. The lowest BCUT2D eigenvalue weighted by molar-refractivity contribution is 0.101. The highest BCUT2D eigenvalue weighted by Crippen LogP contribution is 2.32. The Morgan fingerprint density at radius 2 is 0.926 bits per heavy atom. The molecular weight excluding hydrogens is 1050 g/mol. The molecule has 10 rings (SSSR count). The summed E-state index contributed by atoms with van der Waals surface area (Å²) in [6.45, 7) is 10.7. The minimum absolute atomic E-state index is 0.0683. The number of pyridine rings is 3. The minimum Gasteiger partial charge on any atom is -0.350 e. The predicted octanol–water partition coefficient (Wildman–Crippen LogP) is 11.8. The highest BCUT2D eigenvalue weighted by Gasteiger charge is 2.25. The van der Waals surface area contributed by atoms with Crippen molar-refractivity contribution in [1.82, 2.24) is 44.3 Å². The lowest BCUT2D eigenvalue weighted by Gasteiger charge is -2.17. The molecule has 0 fully saturated rings. The average molecular weight is 1110 g/mol. The lowest BCUT2D eigenvalue weighted by Crippen LogP contribution is -2.28. The van der Waals surface area contributed by atoms with Crippen LogP contribution in [0.3, 0.4) is 0 Å². The molecule has 0 amide bonds. The van der Waals surface area contributed by atoms with Crippen molar-refractivity contribution in [2.45, 2.75) is 61.2 Å². The van der Waals surface area contributed by atoms with Gasteiger partial charge < -0.3 is 16.0 Å². The second-order valence-electron chi connectivity index (χ2n) is 18.0. The molecule has 6 heterocycles. The van der Waals surface area contributed by atoms with Gasteiger partial charge in [0.2, 0.25) is 0 Å². The van der Waals surface area contributed by atoms with Gasteiger partial charge in [-0.2, -0.15) is 15.3 Å². The number of hydrogen-bond donors (Lipinski definition) is 3. The number of nitrogens with zero attached hydrogens (tertiary/aromatic N) is 9. The van der Waals surface area contributed by atoms with Crippen LogP contribution in [0.25, 0.3) is 44.5 Å². The molecule has 0 aliphatic rings. The van der Waals surface area contributed by atoms with Gasteiger partial charge in [0.25, 0.3) is 16.7 Å². The second-order valence-corrected chi connectivity index (χ2v) is 18.4. The van der Waals surface area contributed by atoms with Crippen LogP contribution in [-0.2, 0) is 19.6 Å². The summed E-state index contributed by atoms with van der Waals surface area (Å²) in [5, 5.41) is 24.9. The Morgan fingerprint density at radius 3 is 1.38 bits per heavy atom. The molecule has 81 heavy (non-hydrogen) atoms. The van der Waals surface area contributed by atoms with E-state index in [-0.39, 0.29) is 62.2 Å². The quantitative estimate of drug-likeness (QED) is 0.0811. The number of ketones is 3. The van der Waals surface area contributed by atoms with E-state index in [0.29, 0.717) is 69.8 Å². The highest BCUT2D eigenvalue weighted by molar-refractivity contribution is 6.30. The second kappa shape index (κ2) is 26.0. The first-order valence-electron chi connectivity index (χ1n) is 25.6. The Morgan fingerprint density at radius 1 is 0.481 bits per heavy atom. The Labute approximate surface area is 469 Å². The number of fused-ring (bicyclic) bond motifs is 1. The molecule has 18 nitrogen and oxygen atoms in total. The van der Waals surface area contributed by atoms with Crippen LogP contribution in [-0.4, -0.2) is 61.6 Å². The number of rotatable bonds is 15. The maximum atomic E-state index is 13.5. The van der Waals surface area contributed by atoms with Crippen LogP contribution in [0.4, 0.5) is 38.5 Å². The van der Waals surface area contributed by atoms with E-state index >= 15 is 0 Å². The van der Waals surface area contributed by atoms with E-state index in [4.69, 9.17) is 11.6 Å². The van der Waals surface area contributed by atoms with Crippen molar-refractivity contribution < 1.29 is 18.8 Å². The molecule has 10 aromatic rings. The first kappa shape index (κ1) is 57.0. The maximum Gasteiger partial charge on any atom is 0.291 e. The fourth-order valence-corrected chi connectivity index (χ4v) is 8.93. The number of anilines is 6. The van der Waals surface area contributed by atoms with Gasteiger partial charge in [-0.15, -0.1) is 0 Å². The van der Waals surface area contributed by atoms with Crippen LogP contribution in [0.1, 0.15) is 72.6 Å². The molecular formula is C61H54ClFN12O6. The van der Waals surface area contributed by atoms with Crippen molar-refractivity contribution in [3.63, 3.8) is 0 Å². The van der Waals surface area contributed by atoms with Gasteiger partial charge in [-0.3, -0.25) is 43.7 Å². The monoisotopic (exact) mass is 1100 g/mol. The van der Waals surface area contributed by atoms with Crippen LogP contribution < -0.4 is 32.6 Å². The van der Waals surface area contributed by atoms with Crippen LogP contribution in [0.2, 0.25) is 5.02 Å². The third kappa shape index (κ3) is 13.1. The molecule has 4 aromatic carbocycles. The zero-order valence-corrected chi connectivity index (χ0v) is 45.7. The molecule has 0 aliphatic carbocycles. The topological polar surface area (TPSA) is 231 Å². The number of Topliss-reactive ketones (excluding diaryl/α,β-unsaturated/α-hetero) is 3.